The summed E-state index contributed by atoms with van der Waals surface area (Å²) in [5, 5.41) is 27.1. The maximum absolute atomic E-state index is 13.9. The van der Waals surface area contributed by atoms with Gasteiger partial charge in [0, 0.05) is 72.9 Å². The maximum atomic E-state index is 13.9. The Morgan fingerprint density at radius 2 is 1.77 bits per heavy atom. The van der Waals surface area contributed by atoms with E-state index in [-0.39, 0.29) is 64.3 Å². The van der Waals surface area contributed by atoms with Gasteiger partial charge in [-0.1, -0.05) is 27.2 Å². The first-order chi connectivity index (χ1) is 30.3. The average Bonchev–Trinajstić information content (AvgIpc) is 3.24. The number of benzene rings is 2. The van der Waals surface area contributed by atoms with E-state index in [4.69, 9.17) is 17.0 Å². The number of hydrogen-bond acceptors (Lipinski definition) is 12. The molecule has 3 heterocycles. The zero-order valence-corrected chi connectivity index (χ0v) is 37.5. The Bertz CT molecular complexity index is 2340. The number of piperidine rings is 1. The summed E-state index contributed by atoms with van der Waals surface area (Å²) >= 11 is 5.76. The lowest BCUT2D eigenvalue weighted by Gasteiger charge is -2.44. The van der Waals surface area contributed by atoms with Crippen molar-refractivity contribution >= 4 is 63.7 Å². The van der Waals surface area contributed by atoms with Crippen LogP contribution in [-0.2, 0) is 25.4 Å². The fourth-order valence-corrected chi connectivity index (χ4v) is 8.07. The molecular formula is C45H59F3N10O5S. The van der Waals surface area contributed by atoms with E-state index in [0.29, 0.717) is 73.9 Å². The van der Waals surface area contributed by atoms with Crippen LogP contribution in [0.15, 0.2) is 48.7 Å². The van der Waals surface area contributed by atoms with Crippen LogP contribution < -0.4 is 30.5 Å². The van der Waals surface area contributed by atoms with Crippen LogP contribution in [0.2, 0.25) is 0 Å². The highest BCUT2D eigenvalue weighted by Gasteiger charge is 2.37. The maximum Gasteiger partial charge on any atom is 0.419 e. The Hall–Kier alpha value is -6.15. The van der Waals surface area contributed by atoms with Crippen molar-refractivity contribution < 1.29 is 41.4 Å². The van der Waals surface area contributed by atoms with Crippen LogP contribution in [0.1, 0.15) is 99.3 Å². The fraction of sp³-hybridized carbons (Fsp3) is 0.467. The summed E-state index contributed by atoms with van der Waals surface area (Å²) < 4.78 is 48.1. The Balaban J connectivity index is 0.00000514. The summed E-state index contributed by atoms with van der Waals surface area (Å²) in [6, 6.07) is 13.9. The molecule has 346 valence electrons. The van der Waals surface area contributed by atoms with Gasteiger partial charge in [0.15, 0.2) is 10.8 Å². The summed E-state index contributed by atoms with van der Waals surface area (Å²) in [6.07, 6.45) is -2.13. The van der Waals surface area contributed by atoms with Gasteiger partial charge < -0.3 is 20.3 Å². The van der Waals surface area contributed by atoms with E-state index >= 15 is 0 Å². The molecule has 0 aliphatic carbocycles. The first-order valence-corrected chi connectivity index (χ1v) is 21.5. The van der Waals surface area contributed by atoms with E-state index in [1.165, 1.54) is 6.07 Å². The van der Waals surface area contributed by atoms with Crippen LogP contribution in [0.3, 0.4) is 0 Å². The zero-order chi connectivity index (χ0) is 46.9. The monoisotopic (exact) mass is 908 g/mol. The van der Waals surface area contributed by atoms with Crippen molar-refractivity contribution in [3.8, 4) is 17.9 Å². The van der Waals surface area contributed by atoms with E-state index in [9.17, 15) is 42.9 Å². The molecule has 4 amide bonds. The molecule has 0 spiro atoms. The van der Waals surface area contributed by atoms with Crippen LogP contribution >= 0.6 is 12.2 Å². The molecule has 3 N–H and O–H groups in total. The van der Waals surface area contributed by atoms with Crippen LogP contribution in [0.25, 0.3) is 0 Å². The highest BCUT2D eigenvalue weighted by atomic mass is 32.1. The Labute approximate surface area is 381 Å². The average molecular weight is 909 g/mol. The molecule has 0 saturated carbocycles. The van der Waals surface area contributed by atoms with Crippen molar-refractivity contribution in [2.75, 3.05) is 60.3 Å². The molecule has 64 heavy (non-hydrogen) atoms. The molecule has 1 aromatic heterocycles. The van der Waals surface area contributed by atoms with Gasteiger partial charge >= 0.3 is 6.18 Å². The van der Waals surface area contributed by atoms with Crippen LogP contribution in [0.5, 0.6) is 5.75 Å². The van der Waals surface area contributed by atoms with Crippen LogP contribution in [0.4, 0.5) is 35.9 Å². The SMILES string of the molecule is CCCCC(=O)N(C(=S)N(C)c1ccc(OCCN2C[C@@H](C)N(CC(=O)Nc3cc(C#N)cc(NC4CCC(=O)NC4=O)c3)[C@@H](C)C2)c(C(C)C)c1)c1cnc(C#N)c(C(F)(F)F)c1.[HH].[HH].[HH]. The van der Waals surface area contributed by atoms with Crippen molar-refractivity contribution in [2.45, 2.75) is 96.9 Å². The molecule has 3 atom stereocenters. The zero-order valence-electron chi connectivity index (χ0n) is 36.7. The van der Waals surface area contributed by atoms with Gasteiger partial charge in [-0.3, -0.25) is 39.2 Å². The number of thiocarbonyl (C=S) groups is 1. The lowest BCUT2D eigenvalue weighted by atomic mass is 10.0. The van der Waals surface area contributed by atoms with Gasteiger partial charge in [-0.05, 0) is 92.9 Å². The van der Waals surface area contributed by atoms with E-state index < -0.39 is 35.3 Å². The van der Waals surface area contributed by atoms with E-state index in [1.54, 1.807) is 42.3 Å². The second kappa shape index (κ2) is 21.5. The topological polar surface area (TPSA) is 187 Å². The first kappa shape index (κ1) is 48.9. The van der Waals surface area contributed by atoms with Crippen molar-refractivity contribution in [3.05, 3.63) is 71.0 Å². The largest absolute Gasteiger partial charge is 0.492 e. The Morgan fingerprint density at radius 3 is 2.39 bits per heavy atom. The van der Waals surface area contributed by atoms with Gasteiger partial charge in [-0.25, -0.2) is 4.98 Å². The lowest BCUT2D eigenvalue weighted by Crippen LogP contribution is -2.58. The first-order valence-electron chi connectivity index (χ1n) is 21.1. The number of ether oxygens (including phenoxy) is 1. The Kier molecular flexibility index (Phi) is 16.4. The molecule has 19 heteroatoms. The number of halogens is 3. The van der Waals surface area contributed by atoms with Crippen molar-refractivity contribution in [1.29, 1.82) is 10.5 Å². The number of unbranched alkanes of at least 4 members (excludes halogenated alkanes) is 1. The number of rotatable bonds is 15. The minimum atomic E-state index is -4.88. The number of nitrogens with zero attached hydrogens (tertiary/aromatic N) is 7. The fourth-order valence-electron chi connectivity index (χ4n) is 7.76. The number of hydrogen-bond donors (Lipinski definition) is 3. The van der Waals surface area contributed by atoms with E-state index in [0.717, 1.165) is 22.7 Å². The molecule has 2 fully saturated rings. The second-order valence-electron chi connectivity index (χ2n) is 16.3. The summed E-state index contributed by atoms with van der Waals surface area (Å²) in [7, 11) is 1.63. The highest BCUT2D eigenvalue weighted by Crippen LogP contribution is 2.35. The minimum absolute atomic E-state index is 0. The molecule has 0 bridgehead atoms. The summed E-state index contributed by atoms with van der Waals surface area (Å²) in [5.74, 6) is -0.897. The van der Waals surface area contributed by atoms with Crippen molar-refractivity contribution in [3.63, 3.8) is 0 Å². The summed E-state index contributed by atoms with van der Waals surface area (Å²) in [5.41, 5.74) is 0.344. The third-order valence-corrected chi connectivity index (χ3v) is 11.6. The van der Waals surface area contributed by atoms with Gasteiger partial charge in [0.25, 0.3) is 0 Å². The highest BCUT2D eigenvalue weighted by molar-refractivity contribution is 7.81. The third kappa shape index (κ3) is 12.3. The quantitative estimate of drug-likeness (QED) is 0.102. The summed E-state index contributed by atoms with van der Waals surface area (Å²) in [6.45, 7) is 12.4. The number of pyridine rings is 1. The van der Waals surface area contributed by atoms with Gasteiger partial charge in [-0.2, -0.15) is 23.7 Å². The van der Waals surface area contributed by atoms with E-state index in [2.05, 4.69) is 50.7 Å². The van der Waals surface area contributed by atoms with Crippen LogP contribution in [-0.4, -0.2) is 101 Å². The third-order valence-electron chi connectivity index (χ3n) is 11.1. The molecule has 3 aromatic rings. The van der Waals surface area contributed by atoms with Gasteiger partial charge in [0.05, 0.1) is 35.6 Å². The predicted molar refractivity (Wildman–Crippen MR) is 246 cm³/mol. The molecular weight excluding hydrogens is 850 g/mol. The molecule has 1 unspecified atom stereocenters. The number of carbonyl (C=O) groups is 4. The normalized spacial score (nSPS) is 18.1. The van der Waals surface area contributed by atoms with Gasteiger partial charge in [0.2, 0.25) is 23.6 Å². The predicted octanol–water partition coefficient (Wildman–Crippen LogP) is 7.28. The number of alkyl halides is 3. The van der Waals surface area contributed by atoms with Gasteiger partial charge in [-0.15, -0.1) is 0 Å². The van der Waals surface area contributed by atoms with Gasteiger partial charge in [0.1, 0.15) is 24.5 Å². The number of imide groups is 1. The second-order valence-corrected chi connectivity index (χ2v) is 16.7. The number of nitriles is 2. The molecule has 5 rings (SSSR count). The standard InChI is InChI=1S/C45H53F3N10O5S.3H2/c1-7-8-9-42(61)58(34-20-36(45(46,47)48)38(22-50)51-23-34)44(64)55(6)33-10-12-39(35(19-33)27(2)3)63-15-14-56-24-28(4)57(29(5)25-56)26-41(60)53-32-17-30(21-49)16-31(18-32)52-37-11-13-40(59)54-43(37)62;;;/h10,12,16-20,23,27-29,37,52H,7-9,11,13-15,24-26H2,1-6H3,(H,53,60)(H,54,59,62);3*1H/t28-,29+,37?;;;. The minimum Gasteiger partial charge on any atom is -0.492 e. The molecule has 2 saturated heterocycles. The number of anilines is 4. The molecule has 2 aliphatic heterocycles. The van der Waals surface area contributed by atoms with Crippen molar-refractivity contribution in [1.82, 2.24) is 20.1 Å². The van der Waals surface area contributed by atoms with E-state index in [1.807, 2.05) is 26.8 Å². The number of piperazine rings is 1. The molecule has 0 radical (unpaired) electrons. The smallest absolute Gasteiger partial charge is 0.419 e. The summed E-state index contributed by atoms with van der Waals surface area (Å²) in [4.78, 5) is 61.4. The lowest BCUT2D eigenvalue weighted by molar-refractivity contribution is -0.138. The number of carbonyl (C=O) groups excluding carboxylic acids is 4. The number of nitrogens with one attached hydrogen (secondary N) is 3. The van der Waals surface area contributed by atoms with Crippen LogP contribution in [0, 0.1) is 22.7 Å². The number of amides is 4. The van der Waals surface area contributed by atoms with Crippen molar-refractivity contribution in [2.24, 2.45) is 0 Å². The number of aromatic nitrogens is 1. The molecule has 2 aromatic carbocycles. The Morgan fingerprint density at radius 1 is 1.06 bits per heavy atom. The molecule has 15 nitrogen and oxygen atoms in total. The molecule has 2 aliphatic rings.